The average Bonchev–Trinajstić information content (AvgIpc) is 3.76. The molecule has 8 rings (SSSR count). The molecule has 0 radical (unpaired) electrons. The lowest BCUT2D eigenvalue weighted by molar-refractivity contribution is 0.108. The molecule has 2 aromatic heterocycles. The Balaban J connectivity index is 1.28. The number of nitrogens with zero attached hydrogens (tertiary/aromatic N) is 5. The van der Waals surface area contributed by atoms with Crippen LogP contribution in [0, 0.1) is 11.6 Å². The maximum absolute atomic E-state index is 16.6. The first-order valence-electron chi connectivity index (χ1n) is 14.3. The summed E-state index contributed by atoms with van der Waals surface area (Å²) >= 11 is 6.35. The smallest absolute Gasteiger partial charge is 0.319 e. The Morgan fingerprint density at radius 2 is 1.98 bits per heavy atom. The van der Waals surface area contributed by atoms with Gasteiger partial charge in [-0.1, -0.05) is 17.7 Å². The van der Waals surface area contributed by atoms with Gasteiger partial charge in [0.2, 0.25) is 0 Å². The first-order valence-corrected chi connectivity index (χ1v) is 14.6. The number of ether oxygens (including phenoxy) is 1. The largest absolute Gasteiger partial charge is 0.508 e. The zero-order valence-corrected chi connectivity index (χ0v) is 23.1. The maximum Gasteiger partial charge on any atom is 0.319 e. The molecule has 6 heterocycles. The van der Waals surface area contributed by atoms with Gasteiger partial charge in [0.25, 0.3) is 0 Å². The number of halogens is 3. The SMILES string of the molecule is Oc1cc(-c2ncc3c(N4C[C@H]5C[C@@H]4CN5)nc(OCC45CCCN4CCC5)nc3c2F)c2c(Cl)c(F)ccc2c1. The average molecular weight is 579 g/mol. The van der Waals surface area contributed by atoms with Gasteiger partial charge in [0, 0.05) is 42.3 Å². The highest BCUT2D eigenvalue weighted by Gasteiger charge is 2.45. The molecule has 0 aliphatic carbocycles. The molecule has 4 aliphatic rings. The van der Waals surface area contributed by atoms with E-state index < -0.39 is 11.6 Å². The van der Waals surface area contributed by atoms with Gasteiger partial charge < -0.3 is 20.1 Å². The van der Waals surface area contributed by atoms with Crippen LogP contribution in [0.4, 0.5) is 14.6 Å². The summed E-state index contributed by atoms with van der Waals surface area (Å²) in [5, 5.41) is 15.0. The minimum absolute atomic E-state index is 0.0155. The Hall–Kier alpha value is -3.34. The van der Waals surface area contributed by atoms with E-state index in [1.54, 1.807) is 6.20 Å². The third-order valence-corrected chi connectivity index (χ3v) is 9.87. The highest BCUT2D eigenvalue weighted by Crippen LogP contribution is 2.42. The first kappa shape index (κ1) is 25.4. The van der Waals surface area contributed by atoms with Crippen molar-refractivity contribution >= 4 is 39.1 Å². The Morgan fingerprint density at radius 3 is 2.73 bits per heavy atom. The van der Waals surface area contributed by atoms with E-state index in [-0.39, 0.29) is 50.5 Å². The van der Waals surface area contributed by atoms with Crippen LogP contribution in [0.3, 0.4) is 0 Å². The van der Waals surface area contributed by atoms with E-state index in [0.29, 0.717) is 29.2 Å². The summed E-state index contributed by atoms with van der Waals surface area (Å²) in [6.07, 6.45) is 6.97. The van der Waals surface area contributed by atoms with Gasteiger partial charge in [0.05, 0.1) is 15.9 Å². The van der Waals surface area contributed by atoms with E-state index in [1.165, 1.54) is 24.3 Å². The molecule has 8 nitrogen and oxygen atoms in total. The zero-order valence-electron chi connectivity index (χ0n) is 22.3. The molecule has 0 unspecified atom stereocenters. The summed E-state index contributed by atoms with van der Waals surface area (Å²) < 4.78 is 37.4. The van der Waals surface area contributed by atoms with Gasteiger partial charge >= 0.3 is 6.01 Å². The van der Waals surface area contributed by atoms with E-state index in [0.717, 1.165) is 58.3 Å². The van der Waals surface area contributed by atoms with Crippen LogP contribution in [0.5, 0.6) is 11.8 Å². The highest BCUT2D eigenvalue weighted by atomic mass is 35.5. The van der Waals surface area contributed by atoms with Crippen molar-refractivity contribution in [1.29, 1.82) is 0 Å². The molecule has 2 N–H and O–H groups in total. The third-order valence-electron chi connectivity index (χ3n) is 9.50. The number of hydrogen-bond donors (Lipinski definition) is 2. The fraction of sp³-hybridized carbons (Fsp3) is 0.433. The molecule has 212 valence electrons. The van der Waals surface area contributed by atoms with Crippen LogP contribution in [0.25, 0.3) is 32.9 Å². The van der Waals surface area contributed by atoms with Crippen LogP contribution in [-0.4, -0.2) is 75.4 Å². The third kappa shape index (κ3) is 3.94. The lowest BCUT2D eigenvalue weighted by Crippen LogP contribution is -2.44. The number of aromatic nitrogens is 3. The fourth-order valence-corrected chi connectivity index (χ4v) is 7.81. The number of anilines is 1. The van der Waals surface area contributed by atoms with Crippen LogP contribution in [0.15, 0.2) is 30.5 Å². The normalized spacial score (nSPS) is 23.2. The number of benzene rings is 2. The second-order valence-corrected chi connectivity index (χ2v) is 12.2. The molecule has 0 saturated carbocycles. The number of rotatable bonds is 5. The van der Waals surface area contributed by atoms with Crippen molar-refractivity contribution in [3.63, 3.8) is 0 Å². The lowest BCUT2D eigenvalue weighted by atomic mass is 9.95. The lowest BCUT2D eigenvalue weighted by Gasteiger charge is -2.32. The molecule has 41 heavy (non-hydrogen) atoms. The zero-order chi connectivity index (χ0) is 27.9. The van der Waals surface area contributed by atoms with Crippen LogP contribution in [0.2, 0.25) is 5.02 Å². The molecule has 4 aromatic rings. The Bertz CT molecular complexity index is 1710. The number of pyridine rings is 1. The fourth-order valence-electron chi connectivity index (χ4n) is 7.54. The second-order valence-electron chi connectivity index (χ2n) is 11.8. The van der Waals surface area contributed by atoms with Crippen molar-refractivity contribution in [2.45, 2.75) is 49.7 Å². The second kappa shape index (κ2) is 9.34. The van der Waals surface area contributed by atoms with E-state index in [4.69, 9.17) is 21.3 Å². The topological polar surface area (TPSA) is 86.6 Å². The van der Waals surface area contributed by atoms with Crippen molar-refractivity contribution in [1.82, 2.24) is 25.2 Å². The van der Waals surface area contributed by atoms with E-state index in [1.807, 2.05) is 0 Å². The van der Waals surface area contributed by atoms with Crippen LogP contribution in [0.1, 0.15) is 32.1 Å². The van der Waals surface area contributed by atoms with Gasteiger partial charge in [-0.3, -0.25) is 9.88 Å². The van der Waals surface area contributed by atoms with Gasteiger partial charge in [-0.25, -0.2) is 8.78 Å². The quantitative estimate of drug-likeness (QED) is 0.341. The molecular formula is C30H29ClF2N6O2. The molecule has 4 fully saturated rings. The number of phenolic OH excluding ortho intramolecular Hbond substituents is 1. The van der Waals surface area contributed by atoms with Crippen molar-refractivity contribution in [2.24, 2.45) is 0 Å². The van der Waals surface area contributed by atoms with Crippen LogP contribution in [-0.2, 0) is 0 Å². The Morgan fingerprint density at radius 1 is 1.15 bits per heavy atom. The number of nitrogens with one attached hydrogen (secondary N) is 1. The van der Waals surface area contributed by atoms with Gasteiger partial charge in [0.1, 0.15) is 35.2 Å². The molecule has 2 aromatic carbocycles. The molecular weight excluding hydrogens is 550 g/mol. The maximum atomic E-state index is 16.6. The monoisotopic (exact) mass is 578 g/mol. The molecule has 2 bridgehead atoms. The molecule has 0 amide bonds. The molecule has 2 atom stereocenters. The minimum atomic E-state index is -0.702. The van der Waals surface area contributed by atoms with Crippen LogP contribution < -0.4 is 15.0 Å². The highest BCUT2D eigenvalue weighted by molar-refractivity contribution is 6.37. The standard InChI is InChI=1S/C30H29ClF2N6O2/c31-24-22(32)4-3-16-9-19(40)11-20(23(16)24)26-25(33)27-21(13-35-26)28(39-14-17-10-18(39)12-34-17)37-29(36-27)41-15-30-5-1-7-38(30)8-2-6-30/h3-4,9,11,13,17-18,34,40H,1-2,5-8,10,12,14-15H2/t17-,18-/m1/s1. The van der Waals surface area contributed by atoms with Crippen molar-refractivity contribution < 1.29 is 18.6 Å². The van der Waals surface area contributed by atoms with Crippen LogP contribution >= 0.6 is 11.6 Å². The summed E-state index contributed by atoms with van der Waals surface area (Å²) in [6.45, 7) is 4.18. The minimum Gasteiger partial charge on any atom is -0.508 e. The van der Waals surface area contributed by atoms with Gasteiger partial charge in [-0.15, -0.1) is 0 Å². The number of aromatic hydroxyl groups is 1. The summed E-state index contributed by atoms with van der Waals surface area (Å²) in [5.74, 6) is -0.847. The van der Waals surface area contributed by atoms with E-state index >= 15 is 4.39 Å². The number of piperazine rings is 1. The molecule has 11 heteroatoms. The van der Waals surface area contributed by atoms with Crippen molar-refractivity contribution in [3.8, 4) is 23.0 Å². The first-order chi connectivity index (χ1) is 19.9. The van der Waals surface area contributed by atoms with E-state index in [9.17, 15) is 9.50 Å². The van der Waals surface area contributed by atoms with Gasteiger partial charge in [0.15, 0.2) is 5.82 Å². The van der Waals surface area contributed by atoms with Gasteiger partial charge in [-0.2, -0.15) is 9.97 Å². The molecule has 0 spiro atoms. The molecule has 4 aliphatic heterocycles. The van der Waals surface area contributed by atoms with Gasteiger partial charge in [-0.05, 0) is 68.8 Å². The summed E-state index contributed by atoms with van der Waals surface area (Å²) in [7, 11) is 0. The summed E-state index contributed by atoms with van der Waals surface area (Å²) in [4.78, 5) is 18.6. The summed E-state index contributed by atoms with van der Waals surface area (Å²) in [6, 6.07) is 6.25. The number of hydrogen-bond acceptors (Lipinski definition) is 8. The number of phenols is 1. The predicted octanol–water partition coefficient (Wildman–Crippen LogP) is 5.04. The Labute approximate surface area is 240 Å². The van der Waals surface area contributed by atoms with E-state index in [2.05, 4.69) is 25.1 Å². The Kier molecular flexibility index (Phi) is 5.78. The predicted molar refractivity (Wildman–Crippen MR) is 153 cm³/mol. The molecule has 4 saturated heterocycles. The van der Waals surface area contributed by atoms with Crippen molar-refractivity contribution in [2.75, 3.05) is 37.7 Å². The number of fused-ring (bicyclic) bond motifs is 5. The summed E-state index contributed by atoms with van der Waals surface area (Å²) in [5.41, 5.74) is 0.157. The van der Waals surface area contributed by atoms with Crippen molar-refractivity contribution in [3.05, 3.63) is 47.1 Å².